The van der Waals surface area contributed by atoms with Crippen LogP contribution in [0.3, 0.4) is 0 Å². The minimum absolute atomic E-state index is 0.00257. The molecule has 1 saturated heterocycles. The van der Waals surface area contributed by atoms with Crippen LogP contribution in [0.25, 0.3) is 22.0 Å². The predicted octanol–water partition coefficient (Wildman–Crippen LogP) is -0.361. The van der Waals surface area contributed by atoms with Crippen molar-refractivity contribution in [3.05, 3.63) is 198 Å². The number of hydrogen-bond donors (Lipinski definition) is 26. The molecule has 8 rings (SSSR count). The van der Waals surface area contributed by atoms with Crippen LogP contribution in [-0.2, 0) is 118 Å². The van der Waals surface area contributed by atoms with Gasteiger partial charge in [-0.2, -0.15) is 0 Å². The summed E-state index contributed by atoms with van der Waals surface area (Å²) in [4.78, 5) is 270. The number of carbonyl (C=O) groups is 18. The number of amides is 16. The Bertz CT molecular complexity index is 5770. The van der Waals surface area contributed by atoms with Crippen molar-refractivity contribution < 1.29 is 102 Å². The number of rotatable bonds is 35. The fourth-order valence-corrected chi connectivity index (χ4v) is 17.3. The molecule has 0 saturated carbocycles. The van der Waals surface area contributed by atoms with Crippen molar-refractivity contribution >= 4 is 141 Å². The van der Waals surface area contributed by atoms with Gasteiger partial charge in [-0.15, -0.1) is 11.8 Å². The maximum absolute atomic E-state index is 15.6. The largest absolute Gasteiger partial charge is 0.508 e. The summed E-state index contributed by atoms with van der Waals surface area (Å²) in [6.45, 7) is 7.22. The van der Waals surface area contributed by atoms with Crippen LogP contribution in [0, 0.1) is 22.7 Å². The van der Waals surface area contributed by atoms with Gasteiger partial charge in [0.05, 0.1) is 25.1 Å². The number of aromatic amines is 1. The van der Waals surface area contributed by atoms with E-state index in [0.717, 1.165) is 34.8 Å². The second kappa shape index (κ2) is 60.2. The summed E-state index contributed by atoms with van der Waals surface area (Å²) in [7, 11) is 1.16. The lowest BCUT2D eigenvalue weighted by Gasteiger charge is -2.33. The third-order valence-electron chi connectivity index (χ3n) is 24.6. The third-order valence-corrected chi connectivity index (χ3v) is 25.6. The number of carboxylic acids is 2. The Kier molecular flexibility index (Phi) is 47.7. The fraction of sp³-hybridized carbons (Fsp3) is 0.437. The van der Waals surface area contributed by atoms with Crippen molar-refractivity contribution in [2.45, 2.75) is 228 Å². The summed E-state index contributed by atoms with van der Waals surface area (Å²) in [5.41, 5.74) is 26.8. The van der Waals surface area contributed by atoms with Gasteiger partial charge in [0, 0.05) is 75.1 Å². The minimum Gasteiger partial charge on any atom is -0.508 e. The number of phenols is 1. The van der Waals surface area contributed by atoms with Gasteiger partial charge >= 0.3 is 11.9 Å². The van der Waals surface area contributed by atoms with Crippen LogP contribution in [0.4, 0.5) is 0 Å². The van der Waals surface area contributed by atoms with Gasteiger partial charge in [0.15, 0.2) is 11.9 Å². The van der Waals surface area contributed by atoms with Crippen LogP contribution in [0.1, 0.15) is 139 Å². The summed E-state index contributed by atoms with van der Waals surface area (Å²) in [5, 5.41) is 89.9. The van der Waals surface area contributed by atoms with Crippen LogP contribution in [0.2, 0.25) is 0 Å². The predicted molar refractivity (Wildman–Crippen MR) is 556 cm³/mol. The molecule has 0 radical (unpaired) electrons. The number of para-hydroxylation sites is 1. The number of thioether (sulfide) groups is 1. The number of carbonyl (C=O) groups excluding carboxylic acids is 16. The van der Waals surface area contributed by atoms with Crippen LogP contribution in [0.15, 0.2) is 170 Å². The number of guanidine groups is 2. The number of aliphatic carboxylic acids is 2. The molecule has 1 fully saturated rings. The molecule has 2 heterocycles. The fourth-order valence-electron chi connectivity index (χ4n) is 16.5. The van der Waals surface area contributed by atoms with Crippen LogP contribution in [-0.4, -0.2) is 273 Å². The molecule has 0 spiro atoms. The van der Waals surface area contributed by atoms with E-state index in [9.17, 15) is 53.7 Å². The van der Waals surface area contributed by atoms with Crippen molar-refractivity contribution in [3.63, 3.8) is 0 Å². The van der Waals surface area contributed by atoms with Crippen molar-refractivity contribution in [2.75, 3.05) is 44.7 Å². The highest BCUT2D eigenvalue weighted by Crippen LogP contribution is 2.25. The molecule has 16 amide bonds. The van der Waals surface area contributed by atoms with Gasteiger partial charge in [-0.25, -0.2) is 0 Å². The third kappa shape index (κ3) is 39.4. The Morgan fingerprint density at radius 1 is 0.416 bits per heavy atom. The number of nitrogens with zero attached hydrogens (tertiary/aromatic N) is 1. The number of phenolic OH excluding ortho intramolecular Hbond substituents is 1. The highest BCUT2D eigenvalue weighted by Gasteiger charge is 2.42. The molecule has 0 unspecified atom stereocenters. The Morgan fingerprint density at radius 3 is 1.30 bits per heavy atom. The number of unbranched alkanes of at least 4 members (excludes halogenated alkanes) is 2. The van der Waals surface area contributed by atoms with Crippen LogP contribution < -0.4 is 108 Å². The number of H-pyrrole nitrogens is 1. The number of hydrogen-bond acceptors (Lipinski definition) is 23. The number of aromatic nitrogens is 1. The number of likely N-dealkylation sites (N-methyl/N-ethyl adjacent to an activating group) is 1. The quantitative estimate of drug-likeness (QED) is 0.0137. The SMILES string of the molecule is CCCC[C@@H]1NC(=O)[C@H](CCCCN)NC(=O)[C@H](Cc2ccccc2)N(C)C(=O)[C@H](CC(=O)O)NC(=O)[C@H](CCCNC(=N)N)NC(=O)[C@H](Cc2ccc(-c3ccccc3)cc2)NC(=O)[C@H](C(C)C)NC(=O)[C@H](Cc2c[nH]c3ccccc23)NC(=O)[C@H](CC(=O)O)NC(=O)[C@H](Cc2ccc(O)cc2)NC(=O)[C@H](Cc2ccccc2)NC(=O)CSC[C@@H](C(=O)NCC(N)=O)NC(=O)[C@H](CCCNC(=N)N)NC(=O)[C@H](C(C)C)NC1=O. The minimum atomic E-state index is -2.11. The molecule has 149 heavy (non-hydrogen) atoms. The van der Waals surface area contributed by atoms with E-state index in [4.69, 9.17) is 33.8 Å². The van der Waals surface area contributed by atoms with E-state index in [-0.39, 0.29) is 95.2 Å². The Labute approximate surface area is 866 Å². The van der Waals surface area contributed by atoms with E-state index in [1.54, 1.807) is 136 Å². The van der Waals surface area contributed by atoms with Gasteiger partial charge in [0.1, 0.15) is 90.3 Å². The summed E-state index contributed by atoms with van der Waals surface area (Å²) in [6.07, 6.45) is -2.25. The van der Waals surface area contributed by atoms with Crippen molar-refractivity contribution in [1.82, 2.24) is 95.0 Å². The maximum Gasteiger partial charge on any atom is 0.305 e. The van der Waals surface area contributed by atoms with Crippen molar-refractivity contribution in [2.24, 2.45) is 34.8 Å². The van der Waals surface area contributed by atoms with Gasteiger partial charge in [0.2, 0.25) is 94.5 Å². The molecule has 1 aliphatic rings. The number of fused-ring (bicyclic) bond motifs is 1. The van der Waals surface area contributed by atoms with Gasteiger partial charge in [-0.05, 0) is 127 Å². The second-order valence-electron chi connectivity index (χ2n) is 37.0. The van der Waals surface area contributed by atoms with Crippen molar-refractivity contribution in [3.8, 4) is 16.9 Å². The van der Waals surface area contributed by atoms with Gasteiger partial charge in [0.25, 0.3) is 0 Å². The normalized spacial score (nSPS) is 21.8. The van der Waals surface area contributed by atoms with E-state index < -0.39 is 259 Å². The lowest BCUT2D eigenvalue weighted by molar-refractivity contribution is -0.146. The first-order chi connectivity index (χ1) is 71.1. The van der Waals surface area contributed by atoms with E-state index in [1.165, 1.54) is 38.1 Å². The van der Waals surface area contributed by atoms with Gasteiger partial charge in [-0.3, -0.25) is 97.1 Å². The Morgan fingerprint density at radius 2 is 0.799 bits per heavy atom. The van der Waals surface area contributed by atoms with Crippen LogP contribution in [0.5, 0.6) is 5.75 Å². The highest BCUT2D eigenvalue weighted by molar-refractivity contribution is 8.00. The molecule has 1 aromatic heterocycles. The topological polar surface area (TPSA) is 731 Å². The zero-order valence-electron chi connectivity index (χ0n) is 84.0. The molecule has 802 valence electrons. The average Bonchev–Trinajstić information content (AvgIpc) is 1.74. The van der Waals surface area contributed by atoms with Gasteiger partial charge in [-0.1, -0.05) is 193 Å². The highest BCUT2D eigenvalue weighted by atomic mass is 32.2. The van der Waals surface area contributed by atoms with E-state index >= 15 is 47.9 Å². The Balaban J connectivity index is 1.26. The molecular formula is C103H138N24O21S. The molecule has 45 nitrogen and oxygen atoms in total. The number of benzene rings is 6. The van der Waals surface area contributed by atoms with Crippen LogP contribution >= 0.6 is 11.8 Å². The average molecular weight is 2080 g/mol. The maximum atomic E-state index is 15.6. The molecule has 6 aromatic carbocycles. The first-order valence-corrected chi connectivity index (χ1v) is 50.4. The van der Waals surface area contributed by atoms with E-state index in [2.05, 4.69) is 90.1 Å². The monoisotopic (exact) mass is 2080 g/mol. The lowest BCUT2D eigenvalue weighted by Crippen LogP contribution is -2.62. The first-order valence-electron chi connectivity index (χ1n) is 49.3. The zero-order chi connectivity index (χ0) is 109. The molecular weight excluding hydrogens is 1940 g/mol. The summed E-state index contributed by atoms with van der Waals surface area (Å²) in [5.74, 6) is -24.0. The Hall–Kier alpha value is -16.0. The van der Waals surface area contributed by atoms with E-state index in [0.29, 0.717) is 52.4 Å². The molecule has 7 aromatic rings. The zero-order valence-corrected chi connectivity index (χ0v) is 84.8. The smallest absolute Gasteiger partial charge is 0.305 e. The molecule has 1 aliphatic heterocycles. The van der Waals surface area contributed by atoms with Gasteiger partial charge < -0.3 is 133 Å². The number of primary amides is 1. The molecule has 46 heteroatoms. The number of aromatic hydroxyl groups is 1. The summed E-state index contributed by atoms with van der Waals surface area (Å²) in [6, 6.07) is 20.7. The first kappa shape index (κ1) is 118. The molecule has 0 bridgehead atoms. The molecule has 14 atom stereocenters. The number of carboxylic acid groups (broad SMARTS) is 2. The number of nitrogens with one attached hydrogen (secondary N) is 19. The summed E-state index contributed by atoms with van der Waals surface area (Å²) >= 11 is 0.732. The molecule has 30 N–H and O–H groups in total. The second-order valence-corrected chi connectivity index (χ2v) is 38.1. The molecule has 0 aliphatic carbocycles. The number of nitrogens with two attached hydrogens (primary N) is 4. The van der Waals surface area contributed by atoms with Crippen molar-refractivity contribution in [1.29, 1.82) is 10.8 Å². The van der Waals surface area contributed by atoms with E-state index in [1.807, 2.05) is 30.3 Å². The summed E-state index contributed by atoms with van der Waals surface area (Å²) < 4.78 is 0. The lowest BCUT2D eigenvalue weighted by atomic mass is 9.98. The standard InChI is InChI=1S/C103H138N24O21S/c1-7-8-31-70-92(139)125-86(58(2)3)99(146)118-73(35-23-46-111-103(108)109)91(138)124-80(88(135)113-55-82(105)129)56-149-57-83(130)114-74(47-60-24-12-9-13-25-60)93(140)119-75(49-63-38-42-67(128)43-39-63)95(142)121-78(52-84(131)132)96(143)120-77(51-66-54-112-69-32-19-18-30-68(66)69)97(144)126-87(59(4)5)100(147)122-76(48-62-36-40-65(41-37-62)64-28-16-11-17-29-64)94(141)116-72(34-22-45-110-102(106)107)90(137)123-79(53-85(133)134)101(148)127(6)81(50-61-26-14-10-15-27-61)98(145)117-71(89(136)115-70)33-20-21-44-104/h9-19,24-30,32,36-43,54,58-59,70-81,86-87,112,128H,7-8,20-23,31,33-35,44-53,55-57,104H2,1-6H3,(H2,105,129)(H,113,135)(H,114,130)(H,115,136)(H,116,141)(H,117,145)(H,118,146)(H,119,140)(H,120,143)(H,121,142)(H,122,147)(H,123,137)(H,124,138)(H,125,139)(H,126,144)(H,131,132)(H,133,134)(H4,106,107,110)(H4,108,109,111)/t70-,71-,72-,73-,74-,75-,76-,77-,78-,79-,80-,81-,86-,87-/m0/s1.